The van der Waals surface area contributed by atoms with Crippen LogP contribution in [-0.4, -0.2) is 42.9 Å². The van der Waals surface area contributed by atoms with E-state index in [4.69, 9.17) is 4.74 Å². The average Bonchev–Trinajstić information content (AvgIpc) is 2.26. The summed E-state index contributed by atoms with van der Waals surface area (Å²) in [6, 6.07) is 0. The van der Waals surface area contributed by atoms with Crippen LogP contribution in [0.3, 0.4) is 0 Å². The molecule has 2 aliphatic rings. The number of hydrogen-bond donors (Lipinski definition) is 0. The van der Waals surface area contributed by atoms with Gasteiger partial charge >= 0.3 is 0 Å². The Kier molecular flexibility index (Phi) is 5.23. The Morgan fingerprint density at radius 3 is 2.35 bits per heavy atom. The highest BCUT2D eigenvalue weighted by atomic mass is 19.1. The van der Waals surface area contributed by atoms with Crippen molar-refractivity contribution in [1.29, 1.82) is 0 Å². The van der Waals surface area contributed by atoms with Crippen LogP contribution in [0.25, 0.3) is 0 Å². The lowest BCUT2D eigenvalue weighted by atomic mass is 9.95. The van der Waals surface area contributed by atoms with Gasteiger partial charge in [0.05, 0.1) is 12.2 Å². The minimum Gasteiger partial charge on any atom is -0.375 e. The maximum absolute atomic E-state index is 13.5. The normalized spacial score (nSPS) is 25.8. The van der Waals surface area contributed by atoms with Crippen molar-refractivity contribution in [3.8, 4) is 0 Å². The molecule has 1 heterocycles. The predicted molar refractivity (Wildman–Crippen MR) is 68.0 cm³/mol. The molecule has 1 unspecified atom stereocenters. The molecular weight excluding hydrogens is 217 g/mol. The number of alkyl halides is 1. The van der Waals surface area contributed by atoms with Crippen molar-refractivity contribution < 1.29 is 9.13 Å². The Bertz CT molecular complexity index is 212. The highest BCUT2D eigenvalue weighted by Gasteiger charge is 2.26. The number of likely N-dealkylation sites (tertiary alicyclic amines) is 1. The Hall–Kier alpha value is -0.150. The van der Waals surface area contributed by atoms with Gasteiger partial charge in [0, 0.05) is 19.6 Å². The first kappa shape index (κ1) is 13.3. The zero-order chi connectivity index (χ0) is 12.1. The van der Waals surface area contributed by atoms with Crippen LogP contribution in [0.5, 0.6) is 0 Å². The molecule has 1 saturated carbocycles. The minimum atomic E-state index is -0.635. The number of halogens is 1. The minimum absolute atomic E-state index is 0.445. The summed E-state index contributed by atoms with van der Waals surface area (Å²) in [7, 11) is 0. The Morgan fingerprint density at radius 2 is 1.82 bits per heavy atom. The van der Waals surface area contributed by atoms with Gasteiger partial charge < -0.3 is 9.64 Å². The fourth-order valence-electron chi connectivity index (χ4n) is 2.69. The van der Waals surface area contributed by atoms with Crippen molar-refractivity contribution in [2.45, 2.75) is 70.2 Å². The first-order valence-electron chi connectivity index (χ1n) is 7.29. The first-order chi connectivity index (χ1) is 8.28. The van der Waals surface area contributed by atoms with E-state index in [-0.39, 0.29) is 0 Å². The van der Waals surface area contributed by atoms with Crippen molar-refractivity contribution in [1.82, 2.24) is 4.90 Å². The van der Waals surface area contributed by atoms with Gasteiger partial charge in [-0.05, 0) is 38.5 Å². The third-order valence-electron chi connectivity index (χ3n) is 4.03. The molecule has 0 bridgehead atoms. The molecule has 2 fully saturated rings. The van der Waals surface area contributed by atoms with Gasteiger partial charge in [0.15, 0.2) is 0 Å². The van der Waals surface area contributed by atoms with Crippen molar-refractivity contribution in [3.05, 3.63) is 0 Å². The topological polar surface area (TPSA) is 12.5 Å². The summed E-state index contributed by atoms with van der Waals surface area (Å²) in [4.78, 5) is 2.26. The molecule has 0 aromatic heterocycles. The van der Waals surface area contributed by atoms with E-state index >= 15 is 0 Å². The van der Waals surface area contributed by atoms with E-state index < -0.39 is 6.17 Å². The molecule has 1 aliphatic heterocycles. The molecular formula is C14H26FNO. The van der Waals surface area contributed by atoms with E-state index in [1.807, 2.05) is 6.92 Å². The third-order valence-corrected chi connectivity index (χ3v) is 4.03. The Morgan fingerprint density at radius 1 is 1.18 bits per heavy atom. The molecule has 2 nitrogen and oxygen atoms in total. The van der Waals surface area contributed by atoms with Gasteiger partial charge in [0.1, 0.15) is 6.17 Å². The molecule has 100 valence electrons. The number of ether oxygens (including phenoxy) is 1. The van der Waals surface area contributed by atoms with Gasteiger partial charge in [0.2, 0.25) is 0 Å². The van der Waals surface area contributed by atoms with Gasteiger partial charge in [-0.3, -0.25) is 0 Å². The summed E-state index contributed by atoms with van der Waals surface area (Å²) in [5.74, 6) is 0. The third kappa shape index (κ3) is 4.22. The molecule has 0 aromatic rings. The van der Waals surface area contributed by atoms with Crippen molar-refractivity contribution in [2.75, 3.05) is 19.6 Å². The van der Waals surface area contributed by atoms with E-state index in [0.29, 0.717) is 25.2 Å². The predicted octanol–water partition coefficient (Wildman–Crippen LogP) is 3.16. The second-order valence-corrected chi connectivity index (χ2v) is 5.57. The van der Waals surface area contributed by atoms with Crippen molar-refractivity contribution >= 4 is 0 Å². The zero-order valence-corrected chi connectivity index (χ0v) is 11.0. The van der Waals surface area contributed by atoms with E-state index in [0.717, 1.165) is 32.4 Å². The molecule has 0 aromatic carbocycles. The molecule has 1 atom stereocenters. The van der Waals surface area contributed by atoms with E-state index in [1.165, 1.54) is 19.3 Å². The smallest absolute Gasteiger partial charge is 0.113 e. The van der Waals surface area contributed by atoms with Crippen LogP contribution in [0.1, 0.15) is 51.9 Å². The fraction of sp³-hybridized carbons (Fsp3) is 1.00. The van der Waals surface area contributed by atoms with Crippen LogP contribution >= 0.6 is 0 Å². The summed E-state index contributed by atoms with van der Waals surface area (Å²) in [6.45, 7) is 4.71. The Balaban J connectivity index is 1.60. The summed E-state index contributed by atoms with van der Waals surface area (Å²) in [6.07, 6.45) is 8.04. The molecule has 2 rings (SSSR count). The van der Waals surface area contributed by atoms with Gasteiger partial charge in [-0.15, -0.1) is 0 Å². The summed E-state index contributed by atoms with van der Waals surface area (Å²) in [5, 5.41) is 0. The standard InChI is InChI=1S/C14H26FNO/c1-2-4-12(15)11-16-9-7-14(8-10-16)17-13-5-3-6-13/h12-14H,2-11H2,1H3. The quantitative estimate of drug-likeness (QED) is 0.710. The van der Waals surface area contributed by atoms with Gasteiger partial charge in [0.25, 0.3) is 0 Å². The van der Waals surface area contributed by atoms with Crippen LogP contribution in [0, 0.1) is 0 Å². The van der Waals surface area contributed by atoms with E-state index in [2.05, 4.69) is 4.90 Å². The second-order valence-electron chi connectivity index (χ2n) is 5.57. The molecule has 1 saturated heterocycles. The van der Waals surface area contributed by atoms with Gasteiger partial charge in [-0.2, -0.15) is 0 Å². The van der Waals surface area contributed by atoms with E-state index in [1.54, 1.807) is 0 Å². The van der Waals surface area contributed by atoms with Crippen LogP contribution < -0.4 is 0 Å². The number of nitrogens with zero attached hydrogens (tertiary/aromatic N) is 1. The van der Waals surface area contributed by atoms with E-state index in [9.17, 15) is 4.39 Å². The largest absolute Gasteiger partial charge is 0.375 e. The van der Waals surface area contributed by atoms with Crippen LogP contribution in [0.2, 0.25) is 0 Å². The van der Waals surface area contributed by atoms with Crippen LogP contribution in [0.4, 0.5) is 4.39 Å². The van der Waals surface area contributed by atoms with Crippen LogP contribution in [0.15, 0.2) is 0 Å². The van der Waals surface area contributed by atoms with Crippen LogP contribution in [-0.2, 0) is 4.74 Å². The average molecular weight is 243 g/mol. The van der Waals surface area contributed by atoms with Crippen molar-refractivity contribution in [3.63, 3.8) is 0 Å². The maximum atomic E-state index is 13.5. The maximum Gasteiger partial charge on any atom is 0.113 e. The lowest BCUT2D eigenvalue weighted by Crippen LogP contribution is -2.41. The van der Waals surface area contributed by atoms with Gasteiger partial charge in [-0.25, -0.2) is 4.39 Å². The summed E-state index contributed by atoms with van der Waals surface area (Å²) < 4.78 is 19.5. The zero-order valence-electron chi connectivity index (χ0n) is 11.0. The molecule has 0 N–H and O–H groups in total. The van der Waals surface area contributed by atoms with Gasteiger partial charge in [-0.1, -0.05) is 13.3 Å². The lowest BCUT2D eigenvalue weighted by molar-refractivity contribution is -0.0747. The molecule has 0 amide bonds. The number of hydrogen-bond acceptors (Lipinski definition) is 2. The number of piperidine rings is 1. The monoisotopic (exact) mass is 243 g/mol. The highest BCUT2D eigenvalue weighted by Crippen LogP contribution is 2.26. The highest BCUT2D eigenvalue weighted by molar-refractivity contribution is 4.78. The molecule has 0 radical (unpaired) electrons. The summed E-state index contributed by atoms with van der Waals surface area (Å²) >= 11 is 0. The number of rotatable bonds is 6. The summed E-state index contributed by atoms with van der Waals surface area (Å²) in [5.41, 5.74) is 0. The Labute approximate surface area is 105 Å². The first-order valence-corrected chi connectivity index (χ1v) is 7.29. The fourth-order valence-corrected chi connectivity index (χ4v) is 2.69. The molecule has 0 spiro atoms. The SMILES string of the molecule is CCCC(F)CN1CCC(OC2CCC2)CC1. The molecule has 1 aliphatic carbocycles. The molecule has 3 heteroatoms. The molecule has 17 heavy (non-hydrogen) atoms. The lowest BCUT2D eigenvalue weighted by Gasteiger charge is -2.36. The second kappa shape index (κ2) is 6.69. The van der Waals surface area contributed by atoms with Crippen molar-refractivity contribution in [2.24, 2.45) is 0 Å².